The van der Waals surface area contributed by atoms with Gasteiger partial charge in [-0.2, -0.15) is 5.26 Å². The van der Waals surface area contributed by atoms with E-state index in [2.05, 4.69) is 6.07 Å². The molecule has 1 unspecified atom stereocenters. The molecule has 0 heterocycles. The normalized spacial score (nSPS) is 12.6. The van der Waals surface area contributed by atoms with Crippen LogP contribution in [0.3, 0.4) is 0 Å². The summed E-state index contributed by atoms with van der Waals surface area (Å²) in [7, 11) is 0. The Hall–Kier alpha value is -1.08. The Balaban J connectivity index is 4.25. The number of esters is 1. The number of nitrogens with zero attached hydrogens (tertiary/aromatic N) is 2. The maximum atomic E-state index is 11.2. The molecule has 0 aromatic heterocycles. The van der Waals surface area contributed by atoms with Crippen molar-refractivity contribution in [2.45, 2.75) is 39.8 Å². The molecule has 0 saturated carbocycles. The van der Waals surface area contributed by atoms with E-state index in [4.69, 9.17) is 10.00 Å². The van der Waals surface area contributed by atoms with Gasteiger partial charge in [0.15, 0.2) is 0 Å². The molecular weight excluding hydrogens is 180 g/mol. The van der Waals surface area contributed by atoms with Gasteiger partial charge in [0.2, 0.25) is 0 Å². The molecule has 4 heteroatoms. The summed E-state index contributed by atoms with van der Waals surface area (Å²) >= 11 is 0. The second-order valence-corrected chi connectivity index (χ2v) is 3.38. The van der Waals surface area contributed by atoms with Crippen LogP contribution < -0.4 is 0 Å². The highest BCUT2D eigenvalue weighted by Gasteiger charge is 2.20. The summed E-state index contributed by atoms with van der Waals surface area (Å²) in [6.07, 6.45) is 0. The highest BCUT2D eigenvalue weighted by Crippen LogP contribution is 2.04. The summed E-state index contributed by atoms with van der Waals surface area (Å²) < 4.78 is 4.83. The third kappa shape index (κ3) is 4.24. The quantitative estimate of drug-likeness (QED) is 0.622. The Morgan fingerprint density at radius 2 is 2.07 bits per heavy atom. The second-order valence-electron chi connectivity index (χ2n) is 3.38. The molecule has 0 fully saturated rings. The van der Waals surface area contributed by atoms with Crippen molar-refractivity contribution in [1.29, 1.82) is 5.26 Å². The van der Waals surface area contributed by atoms with Gasteiger partial charge < -0.3 is 4.74 Å². The summed E-state index contributed by atoms with van der Waals surface area (Å²) in [5, 5.41) is 8.75. The summed E-state index contributed by atoms with van der Waals surface area (Å²) in [5.41, 5.74) is 0. The fourth-order valence-corrected chi connectivity index (χ4v) is 1.20. The molecule has 0 aliphatic heterocycles. The fourth-order valence-electron chi connectivity index (χ4n) is 1.20. The molecule has 0 radical (unpaired) electrons. The third-order valence-corrected chi connectivity index (χ3v) is 1.96. The molecule has 0 N–H and O–H groups in total. The molecule has 0 aromatic carbocycles. The van der Waals surface area contributed by atoms with Crippen molar-refractivity contribution in [3.8, 4) is 6.07 Å². The highest BCUT2D eigenvalue weighted by atomic mass is 16.5. The van der Waals surface area contributed by atoms with E-state index in [9.17, 15) is 4.79 Å². The number of nitriles is 1. The smallest absolute Gasteiger partial charge is 0.320 e. The van der Waals surface area contributed by atoms with Crippen LogP contribution in [0, 0.1) is 11.3 Å². The van der Waals surface area contributed by atoms with E-state index in [1.54, 1.807) is 18.7 Å². The monoisotopic (exact) mass is 198 g/mol. The van der Waals surface area contributed by atoms with Crippen LogP contribution >= 0.6 is 0 Å². The van der Waals surface area contributed by atoms with Gasteiger partial charge in [-0.3, -0.25) is 9.69 Å². The standard InChI is InChI=1S/C10H18N2O2/c1-5-14-10(13)7-12(8(2)3)9(4)6-11/h8-9H,5,7H2,1-4H3. The lowest BCUT2D eigenvalue weighted by Crippen LogP contribution is -2.42. The topological polar surface area (TPSA) is 53.3 Å². The van der Waals surface area contributed by atoms with Crippen molar-refractivity contribution in [3.63, 3.8) is 0 Å². The van der Waals surface area contributed by atoms with Gasteiger partial charge in [-0.1, -0.05) is 0 Å². The number of hydrogen-bond donors (Lipinski definition) is 0. The summed E-state index contributed by atoms with van der Waals surface area (Å²) in [6.45, 7) is 8.01. The molecule has 0 bridgehead atoms. The molecule has 14 heavy (non-hydrogen) atoms. The summed E-state index contributed by atoms with van der Waals surface area (Å²) in [4.78, 5) is 13.0. The number of ether oxygens (including phenoxy) is 1. The molecule has 0 amide bonds. The first-order valence-electron chi connectivity index (χ1n) is 4.83. The first kappa shape index (κ1) is 12.9. The molecule has 0 rings (SSSR count). The maximum Gasteiger partial charge on any atom is 0.320 e. The minimum absolute atomic E-state index is 0.161. The van der Waals surface area contributed by atoms with Crippen LogP contribution in [-0.4, -0.2) is 36.1 Å². The van der Waals surface area contributed by atoms with Gasteiger partial charge in [0.1, 0.15) is 0 Å². The van der Waals surface area contributed by atoms with Gasteiger partial charge in [-0.25, -0.2) is 0 Å². The van der Waals surface area contributed by atoms with E-state index in [0.717, 1.165) is 0 Å². The molecular formula is C10H18N2O2. The minimum atomic E-state index is -0.275. The third-order valence-electron chi connectivity index (χ3n) is 1.96. The predicted octanol–water partition coefficient (Wildman–Crippen LogP) is 1.17. The molecule has 1 atom stereocenters. The highest BCUT2D eigenvalue weighted by molar-refractivity contribution is 5.71. The van der Waals surface area contributed by atoms with E-state index in [-0.39, 0.29) is 24.6 Å². The van der Waals surface area contributed by atoms with Gasteiger partial charge in [-0.05, 0) is 27.7 Å². The van der Waals surface area contributed by atoms with Gasteiger partial charge in [0.25, 0.3) is 0 Å². The Morgan fingerprint density at radius 1 is 1.50 bits per heavy atom. The zero-order valence-corrected chi connectivity index (χ0v) is 9.28. The molecule has 0 spiro atoms. The van der Waals surface area contributed by atoms with E-state index in [1.807, 2.05) is 13.8 Å². The van der Waals surface area contributed by atoms with E-state index < -0.39 is 0 Å². The largest absolute Gasteiger partial charge is 0.465 e. The van der Waals surface area contributed by atoms with Crippen molar-refractivity contribution < 1.29 is 9.53 Å². The predicted molar refractivity (Wildman–Crippen MR) is 53.6 cm³/mol. The van der Waals surface area contributed by atoms with E-state index in [1.165, 1.54) is 0 Å². The van der Waals surface area contributed by atoms with Crippen LogP contribution in [-0.2, 0) is 9.53 Å². The average molecular weight is 198 g/mol. The molecule has 0 aromatic rings. The lowest BCUT2D eigenvalue weighted by atomic mass is 10.2. The van der Waals surface area contributed by atoms with Crippen LogP contribution in [0.4, 0.5) is 0 Å². The maximum absolute atomic E-state index is 11.2. The Morgan fingerprint density at radius 3 is 2.43 bits per heavy atom. The first-order valence-corrected chi connectivity index (χ1v) is 4.83. The molecule has 0 aliphatic carbocycles. The zero-order chi connectivity index (χ0) is 11.1. The van der Waals surface area contributed by atoms with E-state index >= 15 is 0 Å². The van der Waals surface area contributed by atoms with Crippen LogP contribution in [0.1, 0.15) is 27.7 Å². The summed E-state index contributed by atoms with van der Waals surface area (Å²) in [5.74, 6) is -0.275. The number of hydrogen-bond acceptors (Lipinski definition) is 4. The van der Waals surface area contributed by atoms with Gasteiger partial charge >= 0.3 is 5.97 Å². The lowest BCUT2D eigenvalue weighted by Gasteiger charge is -2.27. The van der Waals surface area contributed by atoms with Crippen molar-refractivity contribution in [3.05, 3.63) is 0 Å². The van der Waals surface area contributed by atoms with Crippen molar-refractivity contribution >= 4 is 5.97 Å². The molecule has 4 nitrogen and oxygen atoms in total. The molecule has 0 saturated heterocycles. The number of rotatable bonds is 5. The number of carbonyl (C=O) groups is 1. The van der Waals surface area contributed by atoms with Crippen LogP contribution in [0.5, 0.6) is 0 Å². The second kappa shape index (κ2) is 6.39. The van der Waals surface area contributed by atoms with Crippen molar-refractivity contribution in [2.24, 2.45) is 0 Å². The van der Waals surface area contributed by atoms with Crippen LogP contribution in [0.25, 0.3) is 0 Å². The zero-order valence-electron chi connectivity index (χ0n) is 9.28. The molecule has 0 aliphatic rings. The van der Waals surface area contributed by atoms with Crippen molar-refractivity contribution in [1.82, 2.24) is 4.90 Å². The van der Waals surface area contributed by atoms with Crippen LogP contribution in [0.2, 0.25) is 0 Å². The lowest BCUT2D eigenvalue weighted by molar-refractivity contribution is -0.145. The van der Waals surface area contributed by atoms with Gasteiger partial charge in [0.05, 0.1) is 25.3 Å². The fraction of sp³-hybridized carbons (Fsp3) is 0.800. The van der Waals surface area contributed by atoms with Gasteiger partial charge in [-0.15, -0.1) is 0 Å². The first-order chi connectivity index (χ1) is 6.52. The average Bonchev–Trinajstić information content (AvgIpc) is 2.13. The van der Waals surface area contributed by atoms with Crippen LogP contribution in [0.15, 0.2) is 0 Å². The molecule has 80 valence electrons. The Labute approximate surface area is 85.5 Å². The minimum Gasteiger partial charge on any atom is -0.465 e. The Kier molecular flexibility index (Phi) is 5.89. The Bertz CT molecular complexity index is 221. The van der Waals surface area contributed by atoms with Gasteiger partial charge in [0, 0.05) is 6.04 Å². The summed E-state index contributed by atoms with van der Waals surface area (Å²) in [6, 6.07) is 2.01. The van der Waals surface area contributed by atoms with Crippen molar-refractivity contribution in [2.75, 3.05) is 13.2 Å². The number of carbonyl (C=O) groups excluding carboxylic acids is 1. The SMILES string of the molecule is CCOC(=O)CN(C(C)C)C(C)C#N. The van der Waals surface area contributed by atoms with E-state index in [0.29, 0.717) is 6.61 Å².